The van der Waals surface area contributed by atoms with Crippen LogP contribution in [-0.2, 0) is 42.2 Å². The molecule has 0 saturated heterocycles. The zero-order valence-corrected chi connectivity index (χ0v) is 49.6. The van der Waals surface area contributed by atoms with Crippen LogP contribution in [-0.4, -0.2) is 66.5 Å². The van der Waals surface area contributed by atoms with Gasteiger partial charge in [0.05, 0.1) is 19.8 Å². The predicted molar refractivity (Wildman–Crippen MR) is 316 cm³/mol. The fourth-order valence-electron chi connectivity index (χ4n) is 8.44. The number of carbonyl (C=O) groups excluding carboxylic acids is 3. The number of hydrogen-bond acceptors (Lipinski definition) is 10. The normalized spacial score (nSPS) is 13.8. The van der Waals surface area contributed by atoms with Gasteiger partial charge in [-0.05, 0) is 89.9 Å². The van der Waals surface area contributed by atoms with Crippen LogP contribution in [0.4, 0.5) is 0 Å². The van der Waals surface area contributed by atoms with E-state index in [0.717, 1.165) is 103 Å². The van der Waals surface area contributed by atoms with E-state index in [9.17, 15) is 28.9 Å². The summed E-state index contributed by atoms with van der Waals surface area (Å²) in [5, 5.41) is 9.82. The highest BCUT2D eigenvalue weighted by Crippen LogP contribution is 2.43. The smallest absolute Gasteiger partial charge is 0.462 e. The Bertz CT molecular complexity index is 1550. The largest absolute Gasteiger partial charge is 0.472 e. The summed E-state index contributed by atoms with van der Waals surface area (Å²) in [6.45, 7) is 4.48. The molecule has 0 aromatic carbocycles. The van der Waals surface area contributed by atoms with Crippen molar-refractivity contribution in [2.75, 3.05) is 26.4 Å². The highest BCUT2D eigenvalue weighted by Gasteiger charge is 2.28. The van der Waals surface area contributed by atoms with Crippen molar-refractivity contribution in [3.05, 3.63) is 72.9 Å². The average molecular weight is 1090 g/mol. The third-order valence-electron chi connectivity index (χ3n) is 13.1. The lowest BCUT2D eigenvalue weighted by Crippen LogP contribution is -2.30. The minimum atomic E-state index is -4.76. The highest BCUT2D eigenvalue weighted by molar-refractivity contribution is 7.47. The molecule has 0 aliphatic carbocycles. The standard InChI is InChI=1S/C64H113O11P/c1-4-7-10-13-16-19-22-25-28-29-30-31-34-37-40-43-46-49-52-55-64(68)75-61(57-71-62(66)53-50-47-44-41-38-35-32-26-23-20-17-14-11-8-5-2)59-73-76(69,70)72-58-60(56-65)74-63(67)54-51-48-45-42-39-36-33-27-24-21-18-15-12-9-6-3/h9,12,17-18,20-21,26-27,32-33,39,42,60-61,65H,4-8,10-11,13-16,19,22-25,28-31,34-38,40-41,43-59H2,1-3H3,(H,69,70)/b12-9-,20-17-,21-18-,32-26-,33-27-,42-39-. The maximum absolute atomic E-state index is 12.9. The van der Waals surface area contributed by atoms with Crippen molar-refractivity contribution in [2.24, 2.45) is 0 Å². The zero-order chi connectivity index (χ0) is 55.5. The summed E-state index contributed by atoms with van der Waals surface area (Å²) in [6.07, 6.45) is 65.7. The summed E-state index contributed by atoms with van der Waals surface area (Å²) in [6, 6.07) is 0. The topological polar surface area (TPSA) is 155 Å². The van der Waals surface area contributed by atoms with Gasteiger partial charge in [0.25, 0.3) is 0 Å². The van der Waals surface area contributed by atoms with Gasteiger partial charge >= 0.3 is 25.7 Å². The van der Waals surface area contributed by atoms with Gasteiger partial charge in [-0.2, -0.15) is 0 Å². The van der Waals surface area contributed by atoms with E-state index >= 15 is 0 Å². The molecule has 0 amide bonds. The molecule has 0 aromatic rings. The number of aliphatic hydroxyl groups excluding tert-OH is 1. The Balaban J connectivity index is 4.74. The zero-order valence-electron chi connectivity index (χ0n) is 48.7. The third-order valence-corrected chi connectivity index (χ3v) is 14.1. The van der Waals surface area contributed by atoms with Crippen molar-refractivity contribution in [1.29, 1.82) is 0 Å². The second-order valence-corrected chi connectivity index (χ2v) is 21.9. The van der Waals surface area contributed by atoms with E-state index in [2.05, 4.69) is 93.7 Å². The first-order chi connectivity index (χ1) is 37.2. The number of rotatable bonds is 57. The lowest BCUT2D eigenvalue weighted by Gasteiger charge is -2.21. The van der Waals surface area contributed by atoms with E-state index in [4.69, 9.17) is 23.3 Å². The third kappa shape index (κ3) is 55.7. The highest BCUT2D eigenvalue weighted by atomic mass is 31.2. The van der Waals surface area contributed by atoms with Gasteiger partial charge in [-0.15, -0.1) is 0 Å². The van der Waals surface area contributed by atoms with Gasteiger partial charge < -0.3 is 24.2 Å². The molecule has 0 fully saturated rings. The van der Waals surface area contributed by atoms with Crippen LogP contribution in [0.1, 0.15) is 278 Å². The minimum Gasteiger partial charge on any atom is -0.462 e. The van der Waals surface area contributed by atoms with Gasteiger partial charge in [-0.1, -0.05) is 241 Å². The molecule has 0 heterocycles. The fourth-order valence-corrected chi connectivity index (χ4v) is 9.22. The molecule has 3 atom stereocenters. The van der Waals surface area contributed by atoms with Crippen LogP contribution in [0.3, 0.4) is 0 Å². The van der Waals surface area contributed by atoms with E-state index in [-0.39, 0.29) is 25.9 Å². The van der Waals surface area contributed by atoms with E-state index < -0.39 is 57.8 Å². The lowest BCUT2D eigenvalue weighted by molar-refractivity contribution is -0.161. The van der Waals surface area contributed by atoms with E-state index in [1.165, 1.54) is 116 Å². The van der Waals surface area contributed by atoms with Gasteiger partial charge in [-0.3, -0.25) is 23.4 Å². The van der Waals surface area contributed by atoms with E-state index in [1.807, 2.05) is 0 Å². The molecule has 0 saturated carbocycles. The number of hydrogen-bond donors (Lipinski definition) is 2. The molecule has 2 N–H and O–H groups in total. The predicted octanol–water partition coefficient (Wildman–Crippen LogP) is 18.5. The molecular weight excluding hydrogens is 976 g/mol. The summed E-state index contributed by atoms with van der Waals surface area (Å²) in [5.74, 6) is -1.51. The van der Waals surface area contributed by atoms with Crippen molar-refractivity contribution in [1.82, 2.24) is 0 Å². The number of phosphoric ester groups is 1. The molecule has 0 bridgehead atoms. The first-order valence-corrected chi connectivity index (χ1v) is 32.3. The molecule has 12 heteroatoms. The number of aliphatic hydroxyl groups is 1. The Kier molecular flexibility index (Phi) is 55.7. The number of carbonyl (C=O) groups is 3. The first-order valence-electron chi connectivity index (χ1n) is 30.8. The molecule has 0 aromatic heterocycles. The fraction of sp³-hybridized carbons (Fsp3) is 0.766. The molecule has 0 spiro atoms. The second kappa shape index (κ2) is 58.1. The van der Waals surface area contributed by atoms with Gasteiger partial charge in [0.1, 0.15) is 12.7 Å². The van der Waals surface area contributed by atoms with Crippen LogP contribution in [0.25, 0.3) is 0 Å². The Morgan fingerprint density at radius 3 is 1.11 bits per heavy atom. The summed E-state index contributed by atoms with van der Waals surface area (Å²) < 4.78 is 39.6. The van der Waals surface area contributed by atoms with Crippen LogP contribution in [0.5, 0.6) is 0 Å². The summed E-state index contributed by atoms with van der Waals surface area (Å²) >= 11 is 0. The Morgan fingerprint density at radius 1 is 0.382 bits per heavy atom. The van der Waals surface area contributed by atoms with E-state index in [1.54, 1.807) is 0 Å². The quantitative estimate of drug-likeness (QED) is 0.0197. The maximum Gasteiger partial charge on any atom is 0.472 e. The van der Waals surface area contributed by atoms with Crippen molar-refractivity contribution in [3.8, 4) is 0 Å². The molecule has 440 valence electrons. The molecule has 11 nitrogen and oxygen atoms in total. The van der Waals surface area contributed by atoms with Crippen LogP contribution >= 0.6 is 7.82 Å². The second-order valence-electron chi connectivity index (χ2n) is 20.5. The Morgan fingerprint density at radius 2 is 0.684 bits per heavy atom. The molecule has 3 unspecified atom stereocenters. The SMILES string of the molecule is CC/C=C\C/C=C\C/C=C\C/C=C\CCCCC(=O)OC(CO)COP(=O)(O)OCC(COC(=O)CCCCCCC/C=C\C/C=C\CCCCC)OC(=O)CCCCCCCCCCCCCCCCCCCCC. The molecule has 76 heavy (non-hydrogen) atoms. The van der Waals surface area contributed by atoms with Gasteiger partial charge in [-0.25, -0.2) is 4.57 Å². The van der Waals surface area contributed by atoms with E-state index in [0.29, 0.717) is 19.3 Å². The maximum atomic E-state index is 12.9. The number of ether oxygens (including phenoxy) is 3. The van der Waals surface area contributed by atoms with Crippen molar-refractivity contribution in [2.45, 2.75) is 290 Å². The molecule has 0 rings (SSSR count). The van der Waals surface area contributed by atoms with Gasteiger partial charge in [0.2, 0.25) is 0 Å². The van der Waals surface area contributed by atoms with Crippen LogP contribution in [0, 0.1) is 0 Å². The number of allylic oxidation sites excluding steroid dienone is 12. The summed E-state index contributed by atoms with van der Waals surface area (Å²) in [4.78, 5) is 48.6. The summed E-state index contributed by atoms with van der Waals surface area (Å²) in [5.41, 5.74) is 0. The number of unbranched alkanes of at least 4 members (excludes halogenated alkanes) is 28. The minimum absolute atomic E-state index is 0.123. The molecule has 0 aliphatic rings. The first kappa shape index (κ1) is 72.9. The van der Waals surface area contributed by atoms with Gasteiger partial charge in [0.15, 0.2) is 6.10 Å². The Labute approximate surface area is 465 Å². The van der Waals surface area contributed by atoms with Crippen LogP contribution in [0.2, 0.25) is 0 Å². The van der Waals surface area contributed by atoms with Gasteiger partial charge in [0, 0.05) is 19.3 Å². The Hall–Kier alpha value is -3.08. The van der Waals surface area contributed by atoms with Crippen LogP contribution < -0.4 is 0 Å². The van der Waals surface area contributed by atoms with Crippen molar-refractivity contribution >= 4 is 25.7 Å². The number of phosphoric acid groups is 1. The molecular formula is C64H113O11P. The monoisotopic (exact) mass is 1090 g/mol. The number of esters is 3. The average Bonchev–Trinajstić information content (AvgIpc) is 3.41. The summed E-state index contributed by atoms with van der Waals surface area (Å²) in [7, 11) is -4.76. The molecule has 0 aliphatic heterocycles. The van der Waals surface area contributed by atoms with Crippen molar-refractivity contribution in [3.63, 3.8) is 0 Å². The van der Waals surface area contributed by atoms with Crippen molar-refractivity contribution < 1.29 is 52.2 Å². The molecule has 0 radical (unpaired) electrons. The lowest BCUT2D eigenvalue weighted by atomic mass is 10.0. The van der Waals surface area contributed by atoms with Crippen LogP contribution in [0.15, 0.2) is 72.9 Å².